The smallest absolute Gasteiger partial charge is 0.251 e. The summed E-state index contributed by atoms with van der Waals surface area (Å²) in [5, 5.41) is 10.8. The molecule has 1 N–H and O–H groups in total. The van der Waals surface area contributed by atoms with Gasteiger partial charge in [-0.2, -0.15) is 0 Å². The summed E-state index contributed by atoms with van der Waals surface area (Å²) in [4.78, 5) is 12.2. The van der Waals surface area contributed by atoms with Crippen molar-refractivity contribution in [1.82, 2.24) is 15.5 Å². The molecule has 1 aromatic carbocycles. The topological polar surface area (TPSA) is 68.0 Å². The Hall–Kier alpha value is -2.43. The Morgan fingerprint density at radius 2 is 2.04 bits per heavy atom. The first-order chi connectivity index (χ1) is 11.2. The fraction of sp³-hybridized carbons (Fsp3) is 0.389. The second-order valence-electron chi connectivity index (χ2n) is 5.82. The number of nitrogens with one attached hydrogen (secondary N) is 1. The molecule has 5 heteroatoms. The molecule has 1 heterocycles. The molecule has 0 fully saturated rings. The van der Waals surface area contributed by atoms with Crippen molar-refractivity contribution in [2.24, 2.45) is 0 Å². The van der Waals surface area contributed by atoms with Crippen LogP contribution in [0.4, 0.5) is 0 Å². The van der Waals surface area contributed by atoms with E-state index in [-0.39, 0.29) is 5.91 Å². The number of aromatic nitrogens is 2. The lowest BCUT2D eigenvalue weighted by molar-refractivity contribution is 0.0954. The van der Waals surface area contributed by atoms with Crippen molar-refractivity contribution < 1.29 is 9.21 Å². The van der Waals surface area contributed by atoms with Crippen molar-refractivity contribution in [3.63, 3.8) is 0 Å². The van der Waals surface area contributed by atoms with E-state index in [1.807, 2.05) is 12.1 Å². The molecule has 0 spiro atoms. The molecule has 1 aromatic heterocycles. The summed E-state index contributed by atoms with van der Waals surface area (Å²) in [6, 6.07) is 7.21. The number of carbonyl (C=O) groups excluding carboxylic acids is 1. The Labute approximate surface area is 135 Å². The molecular formula is C18H21N3O2. The maximum absolute atomic E-state index is 12.2. The van der Waals surface area contributed by atoms with Crippen LogP contribution in [-0.4, -0.2) is 22.6 Å². The van der Waals surface area contributed by atoms with Crippen LogP contribution in [0.15, 0.2) is 40.3 Å². The molecule has 0 radical (unpaired) electrons. The summed E-state index contributed by atoms with van der Waals surface area (Å²) >= 11 is 0. The monoisotopic (exact) mass is 311 g/mol. The van der Waals surface area contributed by atoms with Crippen LogP contribution in [0, 0.1) is 6.92 Å². The van der Waals surface area contributed by atoms with Gasteiger partial charge in [0.05, 0.1) is 0 Å². The van der Waals surface area contributed by atoms with E-state index >= 15 is 0 Å². The predicted molar refractivity (Wildman–Crippen MR) is 88.0 cm³/mol. The van der Waals surface area contributed by atoms with E-state index in [4.69, 9.17) is 4.42 Å². The number of amides is 1. The van der Waals surface area contributed by atoms with Crippen molar-refractivity contribution in [2.45, 2.75) is 39.0 Å². The largest absolute Gasteiger partial charge is 0.421 e. The van der Waals surface area contributed by atoms with Crippen molar-refractivity contribution in [3.05, 3.63) is 47.4 Å². The highest BCUT2D eigenvalue weighted by atomic mass is 16.4. The molecule has 23 heavy (non-hydrogen) atoms. The Kier molecular flexibility index (Phi) is 4.86. The Morgan fingerprint density at radius 3 is 2.70 bits per heavy atom. The fourth-order valence-corrected chi connectivity index (χ4v) is 2.75. The molecule has 1 aliphatic rings. The second kappa shape index (κ2) is 7.22. The number of hydrogen-bond acceptors (Lipinski definition) is 4. The van der Waals surface area contributed by atoms with Gasteiger partial charge in [-0.3, -0.25) is 4.79 Å². The van der Waals surface area contributed by atoms with E-state index in [2.05, 4.69) is 21.6 Å². The Balaban J connectivity index is 1.54. The van der Waals surface area contributed by atoms with Crippen LogP contribution in [0.25, 0.3) is 11.5 Å². The lowest BCUT2D eigenvalue weighted by Gasteiger charge is -2.13. The highest BCUT2D eigenvalue weighted by Crippen LogP contribution is 2.20. The van der Waals surface area contributed by atoms with E-state index in [0.717, 1.165) is 12.0 Å². The SMILES string of the molecule is Cc1nnc(-c2ccc(C(=O)NCCC3=CCCCC3)cc2)o1. The van der Waals surface area contributed by atoms with E-state index in [1.54, 1.807) is 19.1 Å². The van der Waals surface area contributed by atoms with Gasteiger partial charge in [0.2, 0.25) is 11.8 Å². The molecule has 3 rings (SSSR count). The van der Waals surface area contributed by atoms with Gasteiger partial charge in [-0.25, -0.2) is 0 Å². The standard InChI is InChI=1S/C18H21N3O2/c1-13-20-21-18(23-13)16-9-7-15(8-10-16)17(22)19-12-11-14-5-3-2-4-6-14/h5,7-10H,2-4,6,11-12H2,1H3,(H,19,22). The minimum absolute atomic E-state index is 0.0466. The van der Waals surface area contributed by atoms with Crippen molar-refractivity contribution >= 4 is 5.91 Å². The van der Waals surface area contributed by atoms with Gasteiger partial charge in [-0.05, 0) is 56.4 Å². The first kappa shape index (κ1) is 15.5. The Morgan fingerprint density at radius 1 is 1.22 bits per heavy atom. The van der Waals surface area contributed by atoms with Crippen molar-refractivity contribution in [2.75, 3.05) is 6.54 Å². The number of carbonyl (C=O) groups is 1. The maximum atomic E-state index is 12.2. The first-order valence-corrected chi connectivity index (χ1v) is 8.09. The molecule has 0 saturated heterocycles. The van der Waals surface area contributed by atoms with Gasteiger partial charge in [0.25, 0.3) is 5.91 Å². The van der Waals surface area contributed by atoms with Crippen molar-refractivity contribution in [3.8, 4) is 11.5 Å². The quantitative estimate of drug-likeness (QED) is 0.856. The average Bonchev–Trinajstić information content (AvgIpc) is 3.02. The molecule has 120 valence electrons. The van der Waals surface area contributed by atoms with Crippen LogP contribution >= 0.6 is 0 Å². The third-order valence-corrected chi connectivity index (χ3v) is 4.04. The van der Waals surface area contributed by atoms with Crippen LogP contribution in [0.5, 0.6) is 0 Å². The van der Waals surface area contributed by atoms with Gasteiger partial charge in [0.15, 0.2) is 0 Å². The summed E-state index contributed by atoms with van der Waals surface area (Å²) in [7, 11) is 0. The first-order valence-electron chi connectivity index (χ1n) is 8.09. The molecule has 2 aromatic rings. The predicted octanol–water partition coefficient (Wildman–Crippen LogP) is 3.67. The second-order valence-corrected chi connectivity index (χ2v) is 5.82. The number of allylic oxidation sites excluding steroid dienone is 1. The minimum atomic E-state index is -0.0466. The van der Waals surface area contributed by atoms with E-state index in [9.17, 15) is 4.79 Å². The molecule has 0 atom stereocenters. The van der Waals surface area contributed by atoms with Crippen LogP contribution in [0.1, 0.15) is 48.4 Å². The van der Waals surface area contributed by atoms with Gasteiger partial charge in [0.1, 0.15) is 0 Å². The zero-order valence-electron chi connectivity index (χ0n) is 13.3. The molecule has 5 nitrogen and oxygen atoms in total. The molecule has 0 saturated carbocycles. The van der Waals surface area contributed by atoms with Gasteiger partial charge >= 0.3 is 0 Å². The normalized spacial score (nSPS) is 14.4. The van der Waals surface area contributed by atoms with Crippen LogP contribution in [0.2, 0.25) is 0 Å². The summed E-state index contributed by atoms with van der Waals surface area (Å²) in [5.41, 5.74) is 2.93. The van der Waals surface area contributed by atoms with Gasteiger partial charge in [-0.1, -0.05) is 11.6 Å². The maximum Gasteiger partial charge on any atom is 0.251 e. The van der Waals surface area contributed by atoms with Crippen molar-refractivity contribution in [1.29, 1.82) is 0 Å². The van der Waals surface area contributed by atoms with Crippen LogP contribution in [-0.2, 0) is 0 Å². The molecule has 1 aliphatic carbocycles. The number of benzene rings is 1. The summed E-state index contributed by atoms with van der Waals surface area (Å²) in [6.45, 7) is 2.44. The number of rotatable bonds is 5. The molecule has 0 bridgehead atoms. The van der Waals surface area contributed by atoms with Gasteiger partial charge in [-0.15, -0.1) is 10.2 Å². The zero-order valence-corrected chi connectivity index (χ0v) is 13.3. The molecular weight excluding hydrogens is 290 g/mol. The fourth-order valence-electron chi connectivity index (χ4n) is 2.75. The molecule has 0 unspecified atom stereocenters. The third kappa shape index (κ3) is 4.06. The number of aryl methyl sites for hydroxylation is 1. The van der Waals surface area contributed by atoms with E-state index in [0.29, 0.717) is 23.9 Å². The highest BCUT2D eigenvalue weighted by Gasteiger charge is 2.09. The summed E-state index contributed by atoms with van der Waals surface area (Å²) in [6.07, 6.45) is 8.19. The average molecular weight is 311 g/mol. The third-order valence-electron chi connectivity index (χ3n) is 4.04. The lowest BCUT2D eigenvalue weighted by Crippen LogP contribution is -2.24. The lowest BCUT2D eigenvalue weighted by atomic mass is 9.97. The number of hydrogen-bond donors (Lipinski definition) is 1. The van der Waals surface area contributed by atoms with Crippen LogP contribution in [0.3, 0.4) is 0 Å². The van der Waals surface area contributed by atoms with Gasteiger partial charge in [0, 0.05) is 24.6 Å². The number of nitrogens with zero attached hydrogens (tertiary/aromatic N) is 2. The zero-order chi connectivity index (χ0) is 16.1. The highest BCUT2D eigenvalue weighted by molar-refractivity contribution is 5.94. The van der Waals surface area contributed by atoms with E-state index in [1.165, 1.54) is 31.3 Å². The summed E-state index contributed by atoms with van der Waals surface area (Å²) in [5.74, 6) is 0.951. The Bertz CT molecular complexity index is 701. The summed E-state index contributed by atoms with van der Waals surface area (Å²) < 4.78 is 5.37. The molecule has 1 amide bonds. The van der Waals surface area contributed by atoms with Gasteiger partial charge < -0.3 is 9.73 Å². The van der Waals surface area contributed by atoms with E-state index < -0.39 is 0 Å². The van der Waals surface area contributed by atoms with Crippen LogP contribution < -0.4 is 5.32 Å². The molecule has 0 aliphatic heterocycles. The minimum Gasteiger partial charge on any atom is -0.421 e.